The summed E-state index contributed by atoms with van der Waals surface area (Å²) in [6.07, 6.45) is 2.51. The molecule has 3 rings (SSSR count). The summed E-state index contributed by atoms with van der Waals surface area (Å²) in [7, 11) is -7.27. The maximum absolute atomic E-state index is 16.5. The molecule has 2 atom stereocenters. The second-order valence-electron chi connectivity index (χ2n) is 8.73. The zero-order valence-electron chi connectivity index (χ0n) is 19.1. The number of rotatable bonds is 8. The molecule has 3 aromatic rings. The first-order valence-corrected chi connectivity index (χ1v) is 13.2. The zero-order chi connectivity index (χ0) is 25.0. The van der Waals surface area contributed by atoms with E-state index in [9.17, 15) is 12.6 Å². The van der Waals surface area contributed by atoms with Gasteiger partial charge in [0.05, 0.1) is 20.6 Å². The molecule has 8 heteroatoms. The summed E-state index contributed by atoms with van der Waals surface area (Å²) in [4.78, 5) is -0.531. The molecule has 3 aromatic carbocycles. The van der Waals surface area contributed by atoms with Gasteiger partial charge in [0.1, 0.15) is 0 Å². The Bertz CT molecular complexity index is 1260. The van der Waals surface area contributed by atoms with E-state index in [1.54, 1.807) is 63.2 Å². The monoisotopic (exact) mass is 503 g/mol. The van der Waals surface area contributed by atoms with Gasteiger partial charge in [0.15, 0.2) is 5.54 Å². The fraction of sp³-hybridized carbons (Fsp3) is 0.231. The number of sulfone groups is 1. The van der Waals surface area contributed by atoms with Crippen LogP contribution in [0.5, 0.6) is 0 Å². The lowest BCUT2D eigenvalue weighted by Crippen LogP contribution is -2.60. The molecule has 0 aliphatic heterocycles. The Kier molecular flexibility index (Phi) is 7.55. The van der Waals surface area contributed by atoms with Gasteiger partial charge in [0, 0.05) is 0 Å². The SMILES string of the molecule is CC(C)(C)[S@@](=O)N[C@](/C=C/c1ccccc1)(c1ccccc1)C(F)(F)S(=O)(=O)c1ccccc1. The van der Waals surface area contributed by atoms with Crippen LogP contribution in [0.1, 0.15) is 31.9 Å². The molecular weight excluding hydrogens is 476 g/mol. The maximum Gasteiger partial charge on any atom is 0.376 e. The van der Waals surface area contributed by atoms with Gasteiger partial charge in [-0.05, 0) is 44.0 Å². The van der Waals surface area contributed by atoms with Crippen LogP contribution in [0.4, 0.5) is 8.78 Å². The molecule has 180 valence electrons. The topological polar surface area (TPSA) is 63.2 Å². The number of nitrogens with one attached hydrogen (secondary N) is 1. The van der Waals surface area contributed by atoms with Gasteiger partial charge < -0.3 is 0 Å². The summed E-state index contributed by atoms with van der Waals surface area (Å²) in [6.45, 7) is 4.86. The molecule has 0 bridgehead atoms. The Balaban J connectivity index is 2.34. The van der Waals surface area contributed by atoms with Crippen LogP contribution >= 0.6 is 0 Å². The van der Waals surface area contributed by atoms with Crippen LogP contribution in [-0.4, -0.2) is 22.6 Å². The van der Waals surface area contributed by atoms with Crippen LogP contribution in [0.15, 0.2) is 102 Å². The van der Waals surface area contributed by atoms with Crippen molar-refractivity contribution in [2.75, 3.05) is 0 Å². The van der Waals surface area contributed by atoms with Crippen molar-refractivity contribution in [3.8, 4) is 0 Å². The minimum atomic E-state index is -5.22. The molecule has 0 saturated heterocycles. The summed E-state index contributed by atoms with van der Waals surface area (Å²) in [6, 6.07) is 22.7. The molecule has 0 saturated carbocycles. The fourth-order valence-corrected chi connectivity index (χ4v) is 5.71. The molecule has 1 N–H and O–H groups in total. The molecule has 0 spiro atoms. The average Bonchev–Trinajstić information content (AvgIpc) is 2.82. The summed E-state index contributed by atoms with van der Waals surface area (Å²) in [5.74, 6) is 0. The highest BCUT2D eigenvalue weighted by Gasteiger charge is 2.63. The van der Waals surface area contributed by atoms with Crippen LogP contribution < -0.4 is 4.72 Å². The second-order valence-corrected chi connectivity index (χ2v) is 12.7. The Morgan fingerprint density at radius 3 is 1.76 bits per heavy atom. The average molecular weight is 504 g/mol. The minimum Gasteiger partial charge on any atom is -0.242 e. The predicted octanol–water partition coefficient (Wildman–Crippen LogP) is 5.71. The summed E-state index contributed by atoms with van der Waals surface area (Å²) >= 11 is 0. The van der Waals surface area contributed by atoms with Gasteiger partial charge in [0.25, 0.3) is 0 Å². The Hall–Kier alpha value is -2.68. The normalized spacial score (nSPS) is 15.7. The molecule has 4 nitrogen and oxygen atoms in total. The van der Waals surface area contributed by atoms with Crippen molar-refractivity contribution in [1.29, 1.82) is 0 Å². The third-order valence-electron chi connectivity index (χ3n) is 5.21. The first-order chi connectivity index (χ1) is 15.9. The summed E-state index contributed by atoms with van der Waals surface area (Å²) in [5, 5.41) is -4.42. The van der Waals surface area contributed by atoms with E-state index in [0.29, 0.717) is 5.56 Å². The molecule has 0 heterocycles. The van der Waals surface area contributed by atoms with Crippen molar-refractivity contribution in [2.24, 2.45) is 0 Å². The van der Waals surface area contributed by atoms with E-state index >= 15 is 8.78 Å². The van der Waals surface area contributed by atoms with Gasteiger partial charge in [-0.1, -0.05) is 91.0 Å². The largest absolute Gasteiger partial charge is 0.376 e. The number of halogens is 2. The lowest BCUT2D eigenvalue weighted by atomic mass is 9.90. The van der Waals surface area contributed by atoms with E-state index in [0.717, 1.165) is 18.2 Å². The first-order valence-electron chi connectivity index (χ1n) is 10.6. The Labute approximate surface area is 202 Å². The van der Waals surface area contributed by atoms with Crippen LogP contribution in [-0.2, 0) is 26.4 Å². The van der Waals surface area contributed by atoms with E-state index in [1.807, 2.05) is 0 Å². The lowest BCUT2D eigenvalue weighted by Gasteiger charge is -2.40. The Morgan fingerprint density at radius 2 is 1.26 bits per heavy atom. The first kappa shape index (κ1) is 25.9. The molecule has 0 aliphatic carbocycles. The maximum atomic E-state index is 16.5. The molecule has 0 radical (unpaired) electrons. The highest BCUT2D eigenvalue weighted by molar-refractivity contribution is 7.92. The van der Waals surface area contributed by atoms with Crippen molar-refractivity contribution >= 4 is 26.9 Å². The Morgan fingerprint density at radius 1 is 0.794 bits per heavy atom. The molecule has 0 aliphatic rings. The third kappa shape index (κ3) is 5.04. The van der Waals surface area contributed by atoms with Crippen molar-refractivity contribution in [3.05, 3.63) is 108 Å². The standard InChI is InChI=1S/C26H27F2NO3S2/c1-24(2,3)33(30)29-25(22-15-9-5-10-16-22,20-19-21-13-7-4-8-14-21)26(27,28)34(31,32)23-17-11-6-12-18-23/h4-20,29H,1-3H3/b20-19+/t25-,33-/m1/s1. The molecular formula is C26H27F2NO3S2. The van der Waals surface area contributed by atoms with Crippen molar-refractivity contribution in [1.82, 2.24) is 4.72 Å². The van der Waals surface area contributed by atoms with Crippen molar-refractivity contribution < 1.29 is 21.4 Å². The third-order valence-corrected chi connectivity index (χ3v) is 8.72. The number of benzene rings is 3. The van der Waals surface area contributed by atoms with Gasteiger partial charge in [-0.3, -0.25) is 0 Å². The smallest absolute Gasteiger partial charge is 0.242 e. The summed E-state index contributed by atoms with van der Waals surface area (Å²) in [5.41, 5.74) is -2.10. The van der Waals surface area contributed by atoms with Gasteiger partial charge >= 0.3 is 5.25 Å². The molecule has 0 amide bonds. The van der Waals surface area contributed by atoms with Crippen LogP contribution in [0.3, 0.4) is 0 Å². The van der Waals surface area contributed by atoms with Crippen molar-refractivity contribution in [3.63, 3.8) is 0 Å². The van der Waals surface area contributed by atoms with Crippen LogP contribution in [0.25, 0.3) is 6.08 Å². The predicted molar refractivity (Wildman–Crippen MR) is 133 cm³/mol. The summed E-state index contributed by atoms with van der Waals surface area (Å²) < 4.78 is 74.6. The lowest BCUT2D eigenvalue weighted by molar-refractivity contribution is 0.0192. The quantitative estimate of drug-likeness (QED) is 0.428. The van der Waals surface area contributed by atoms with Gasteiger partial charge in [0.2, 0.25) is 9.84 Å². The van der Waals surface area contributed by atoms with E-state index in [4.69, 9.17) is 0 Å². The second kappa shape index (κ2) is 9.90. The van der Waals surface area contributed by atoms with E-state index < -0.39 is 41.3 Å². The fourth-order valence-electron chi connectivity index (χ4n) is 3.26. The van der Waals surface area contributed by atoms with Gasteiger partial charge in [-0.2, -0.15) is 8.78 Å². The highest BCUT2D eigenvalue weighted by atomic mass is 32.2. The number of hydrogen-bond donors (Lipinski definition) is 1. The molecule has 0 fully saturated rings. The zero-order valence-corrected chi connectivity index (χ0v) is 20.7. The van der Waals surface area contributed by atoms with Gasteiger partial charge in [-0.25, -0.2) is 17.3 Å². The van der Waals surface area contributed by atoms with E-state index in [1.165, 1.54) is 42.5 Å². The van der Waals surface area contributed by atoms with Gasteiger partial charge in [-0.15, -0.1) is 0 Å². The minimum absolute atomic E-state index is 0.0377. The highest BCUT2D eigenvalue weighted by Crippen LogP contribution is 2.46. The van der Waals surface area contributed by atoms with Crippen LogP contribution in [0, 0.1) is 0 Å². The van der Waals surface area contributed by atoms with Crippen LogP contribution in [0.2, 0.25) is 0 Å². The molecule has 0 unspecified atom stereocenters. The number of alkyl halides is 2. The molecule has 34 heavy (non-hydrogen) atoms. The van der Waals surface area contributed by atoms with E-state index in [2.05, 4.69) is 4.72 Å². The van der Waals surface area contributed by atoms with Crippen molar-refractivity contribution in [2.45, 2.75) is 41.2 Å². The number of hydrogen-bond acceptors (Lipinski definition) is 3. The molecule has 0 aromatic heterocycles. The van der Waals surface area contributed by atoms with E-state index in [-0.39, 0.29) is 5.56 Å².